The van der Waals surface area contributed by atoms with Crippen molar-refractivity contribution in [2.24, 2.45) is 12.2 Å². The van der Waals surface area contributed by atoms with Crippen molar-refractivity contribution in [2.45, 2.75) is 6.92 Å². The lowest BCUT2D eigenvalue weighted by Gasteiger charge is -2.12. The molecule has 3 aromatic rings. The lowest BCUT2D eigenvalue weighted by atomic mass is 9.99. The Morgan fingerprint density at radius 2 is 1.74 bits per heavy atom. The lowest BCUT2D eigenvalue weighted by Crippen LogP contribution is -2.25. The molecule has 1 aromatic heterocycles. The summed E-state index contributed by atoms with van der Waals surface area (Å²) in [6.07, 6.45) is 0. The first-order chi connectivity index (χ1) is 11.0. The van der Waals surface area contributed by atoms with Crippen molar-refractivity contribution >= 4 is 16.6 Å². The number of nitrogens with zero attached hydrogens (tertiary/aromatic N) is 2. The van der Waals surface area contributed by atoms with E-state index in [1.807, 2.05) is 19.1 Å². The Morgan fingerprint density at radius 1 is 1.09 bits per heavy atom. The summed E-state index contributed by atoms with van der Waals surface area (Å²) in [7, 11) is 1.62. The normalized spacial score (nSPS) is 11.8. The highest BCUT2D eigenvalue weighted by molar-refractivity contribution is 6.15. The monoisotopic (exact) mass is 308 g/mol. The minimum atomic E-state index is -0.422. The van der Waals surface area contributed by atoms with Gasteiger partial charge in [-0.1, -0.05) is 47.1 Å². The molecule has 23 heavy (non-hydrogen) atoms. The van der Waals surface area contributed by atoms with Gasteiger partial charge in [-0.05, 0) is 19.1 Å². The molecule has 0 aliphatic heterocycles. The summed E-state index contributed by atoms with van der Waals surface area (Å²) >= 11 is 0. The largest absolute Gasteiger partial charge is 0.506 e. The molecule has 0 saturated carbocycles. The van der Waals surface area contributed by atoms with Crippen molar-refractivity contribution in [3.8, 4) is 5.75 Å². The highest BCUT2D eigenvalue weighted by atomic mass is 16.4. The molecule has 116 valence electrons. The minimum Gasteiger partial charge on any atom is -0.506 e. The van der Waals surface area contributed by atoms with Crippen LogP contribution in [-0.2, 0) is 7.05 Å². The maximum atomic E-state index is 12.7. The predicted molar refractivity (Wildman–Crippen MR) is 89.5 cm³/mol. The molecule has 0 fully saturated rings. The van der Waals surface area contributed by atoms with Gasteiger partial charge in [-0.2, -0.15) is 0 Å². The van der Waals surface area contributed by atoms with Gasteiger partial charge in [0.2, 0.25) is 0 Å². The molecule has 0 amide bonds. The van der Waals surface area contributed by atoms with Crippen LogP contribution in [0.2, 0.25) is 0 Å². The first-order valence-corrected chi connectivity index (χ1v) is 7.14. The Kier molecular flexibility index (Phi) is 3.62. The van der Waals surface area contributed by atoms with E-state index in [1.165, 1.54) is 4.57 Å². The number of hydrogen-bond acceptors (Lipinski definition) is 4. The Balaban J connectivity index is 2.35. The first kappa shape index (κ1) is 14.8. The summed E-state index contributed by atoms with van der Waals surface area (Å²) in [4.78, 5) is 12.7. The topological polar surface area (TPSA) is 74.8 Å². The first-order valence-electron chi connectivity index (χ1n) is 7.14. The molecule has 0 atom stereocenters. The van der Waals surface area contributed by atoms with Crippen LogP contribution in [0.3, 0.4) is 0 Å². The van der Waals surface area contributed by atoms with E-state index in [2.05, 4.69) is 5.16 Å². The number of rotatable bonds is 2. The third-order valence-corrected chi connectivity index (χ3v) is 3.94. The number of oxime groups is 1. The molecule has 0 aliphatic carbocycles. The van der Waals surface area contributed by atoms with E-state index in [1.54, 1.807) is 43.4 Å². The Bertz CT molecular complexity index is 970. The van der Waals surface area contributed by atoms with Gasteiger partial charge in [-0.3, -0.25) is 4.79 Å². The molecular formula is C18H16N2O3. The number of aromatic hydroxyl groups is 1. The summed E-state index contributed by atoms with van der Waals surface area (Å²) in [5.74, 6) is -0.183. The van der Waals surface area contributed by atoms with Crippen LogP contribution in [0.15, 0.2) is 58.5 Å². The van der Waals surface area contributed by atoms with Gasteiger partial charge < -0.3 is 14.9 Å². The van der Waals surface area contributed by atoms with Gasteiger partial charge in [0.15, 0.2) is 0 Å². The fraction of sp³-hybridized carbons (Fsp3) is 0.111. The van der Waals surface area contributed by atoms with Crippen molar-refractivity contribution in [1.82, 2.24) is 4.57 Å². The third-order valence-electron chi connectivity index (χ3n) is 3.94. The Hall–Kier alpha value is -3.08. The van der Waals surface area contributed by atoms with Crippen molar-refractivity contribution in [3.05, 3.63) is 75.6 Å². The fourth-order valence-electron chi connectivity index (χ4n) is 2.66. The molecule has 2 N–H and O–H groups in total. The van der Waals surface area contributed by atoms with Crippen LogP contribution in [0.25, 0.3) is 10.9 Å². The fourth-order valence-corrected chi connectivity index (χ4v) is 2.66. The average Bonchev–Trinajstić information content (AvgIpc) is 2.58. The molecule has 0 spiro atoms. The maximum Gasteiger partial charge on any atom is 0.264 e. The smallest absolute Gasteiger partial charge is 0.264 e. The van der Waals surface area contributed by atoms with E-state index in [0.29, 0.717) is 16.5 Å². The molecule has 1 heterocycles. The summed E-state index contributed by atoms with van der Waals surface area (Å²) in [5, 5.41) is 23.8. The van der Waals surface area contributed by atoms with Crippen LogP contribution in [0.4, 0.5) is 0 Å². The van der Waals surface area contributed by atoms with E-state index in [4.69, 9.17) is 0 Å². The summed E-state index contributed by atoms with van der Waals surface area (Å²) < 4.78 is 1.43. The molecule has 0 aliphatic rings. The zero-order valence-electron chi connectivity index (χ0n) is 12.8. The van der Waals surface area contributed by atoms with Crippen molar-refractivity contribution < 1.29 is 10.3 Å². The molecule has 5 heteroatoms. The second-order valence-corrected chi connectivity index (χ2v) is 5.42. The highest BCUT2D eigenvalue weighted by Gasteiger charge is 2.21. The van der Waals surface area contributed by atoms with Crippen LogP contribution in [0, 0.1) is 6.92 Å². The van der Waals surface area contributed by atoms with E-state index in [9.17, 15) is 15.1 Å². The molecule has 0 unspecified atom stereocenters. The van der Waals surface area contributed by atoms with Gasteiger partial charge in [0.05, 0.1) is 5.52 Å². The molecule has 0 radical (unpaired) electrons. The van der Waals surface area contributed by atoms with Crippen LogP contribution in [0.1, 0.15) is 16.7 Å². The second-order valence-electron chi connectivity index (χ2n) is 5.42. The molecule has 5 nitrogen and oxygen atoms in total. The van der Waals surface area contributed by atoms with E-state index < -0.39 is 5.56 Å². The zero-order chi connectivity index (χ0) is 16.6. The molecule has 0 bridgehead atoms. The van der Waals surface area contributed by atoms with Gasteiger partial charge in [0, 0.05) is 18.0 Å². The van der Waals surface area contributed by atoms with Crippen LogP contribution in [-0.4, -0.2) is 20.6 Å². The minimum absolute atomic E-state index is 0.0162. The van der Waals surface area contributed by atoms with Crippen LogP contribution >= 0.6 is 0 Å². The van der Waals surface area contributed by atoms with Crippen molar-refractivity contribution in [1.29, 1.82) is 0 Å². The summed E-state index contributed by atoms with van der Waals surface area (Å²) in [6.45, 7) is 1.94. The predicted octanol–water partition coefficient (Wildman–Crippen LogP) is 2.78. The number of aryl methyl sites for hydroxylation is 2. The van der Waals surface area contributed by atoms with E-state index in [-0.39, 0.29) is 17.0 Å². The number of aromatic nitrogens is 1. The number of pyridine rings is 1. The second kappa shape index (κ2) is 5.61. The molecular weight excluding hydrogens is 292 g/mol. The van der Waals surface area contributed by atoms with Gasteiger partial charge in [0.1, 0.15) is 17.0 Å². The molecule has 0 saturated heterocycles. The quantitative estimate of drug-likeness (QED) is 0.434. The lowest BCUT2D eigenvalue weighted by molar-refractivity contribution is 0.319. The average molecular weight is 308 g/mol. The number of fused-ring (bicyclic) bond motifs is 1. The van der Waals surface area contributed by atoms with E-state index >= 15 is 0 Å². The molecule has 3 rings (SSSR count). The number of para-hydroxylation sites is 1. The zero-order valence-corrected chi connectivity index (χ0v) is 12.8. The maximum absolute atomic E-state index is 12.7. The van der Waals surface area contributed by atoms with Gasteiger partial charge >= 0.3 is 0 Å². The number of benzene rings is 2. The van der Waals surface area contributed by atoms with Crippen molar-refractivity contribution in [2.75, 3.05) is 0 Å². The van der Waals surface area contributed by atoms with Gasteiger partial charge in [-0.25, -0.2) is 0 Å². The Morgan fingerprint density at radius 3 is 2.39 bits per heavy atom. The third kappa shape index (κ3) is 2.36. The highest BCUT2D eigenvalue weighted by Crippen LogP contribution is 2.27. The SMILES string of the molecule is Cc1ccc(/C(=N\O)c2c(O)c3ccccc3n(C)c2=O)cc1. The standard InChI is InChI=1S/C18H16N2O3/c1-11-7-9-12(10-8-11)16(19-23)15-17(21)13-5-3-4-6-14(13)20(2)18(15)22/h3-10,21,23H,1-2H3/b19-16+. The number of hydrogen-bond donors (Lipinski definition) is 2. The summed E-state index contributed by atoms with van der Waals surface area (Å²) in [5.41, 5.74) is 1.82. The Labute approximate surface area is 132 Å². The van der Waals surface area contributed by atoms with Gasteiger partial charge in [0.25, 0.3) is 5.56 Å². The van der Waals surface area contributed by atoms with Gasteiger partial charge in [-0.15, -0.1) is 0 Å². The van der Waals surface area contributed by atoms with Crippen LogP contribution < -0.4 is 5.56 Å². The molecule has 2 aromatic carbocycles. The summed E-state index contributed by atoms with van der Waals surface area (Å²) in [6, 6.07) is 14.2. The van der Waals surface area contributed by atoms with Crippen molar-refractivity contribution in [3.63, 3.8) is 0 Å². The van der Waals surface area contributed by atoms with E-state index in [0.717, 1.165) is 5.56 Å². The van der Waals surface area contributed by atoms with Crippen LogP contribution in [0.5, 0.6) is 5.75 Å².